The molecule has 112 valence electrons. The highest BCUT2D eigenvalue weighted by Crippen LogP contribution is 2.22. The Morgan fingerprint density at radius 2 is 1.90 bits per heavy atom. The summed E-state index contributed by atoms with van der Waals surface area (Å²) in [5.74, 6) is 0.324. The molecule has 1 aliphatic heterocycles. The van der Waals surface area contributed by atoms with Gasteiger partial charge in [0.05, 0.1) is 0 Å². The summed E-state index contributed by atoms with van der Waals surface area (Å²) in [6, 6.07) is 7.51. The van der Waals surface area contributed by atoms with Crippen LogP contribution < -0.4 is 0 Å². The average molecular weight is 284 g/mol. The zero-order valence-corrected chi connectivity index (χ0v) is 12.6. The smallest absolute Gasteiger partial charge is 0.116 e. The third-order valence-electron chi connectivity index (χ3n) is 4.42. The molecule has 0 amide bonds. The SMILES string of the molecule is Oc1ccc2c(CCCCN3CCCCC3)nccc2c1. The molecule has 1 aliphatic rings. The van der Waals surface area contributed by atoms with Crippen LogP contribution in [-0.4, -0.2) is 34.6 Å². The summed E-state index contributed by atoms with van der Waals surface area (Å²) in [5.41, 5.74) is 1.16. The van der Waals surface area contributed by atoms with Gasteiger partial charge in [-0.15, -0.1) is 0 Å². The molecule has 3 nitrogen and oxygen atoms in total. The van der Waals surface area contributed by atoms with Crippen LogP contribution >= 0.6 is 0 Å². The van der Waals surface area contributed by atoms with E-state index in [2.05, 4.69) is 9.88 Å². The first-order valence-electron chi connectivity index (χ1n) is 8.12. The predicted molar refractivity (Wildman–Crippen MR) is 86.6 cm³/mol. The molecule has 2 aromatic rings. The van der Waals surface area contributed by atoms with Gasteiger partial charge in [0.2, 0.25) is 0 Å². The van der Waals surface area contributed by atoms with Crippen LogP contribution in [0.1, 0.15) is 37.8 Å². The fourth-order valence-electron chi connectivity index (χ4n) is 3.24. The van der Waals surface area contributed by atoms with Gasteiger partial charge in [-0.05, 0) is 81.4 Å². The van der Waals surface area contributed by atoms with E-state index in [-0.39, 0.29) is 0 Å². The lowest BCUT2D eigenvalue weighted by atomic mass is 10.0. The molecule has 1 saturated heterocycles. The molecule has 1 aromatic carbocycles. The van der Waals surface area contributed by atoms with Crippen molar-refractivity contribution in [1.82, 2.24) is 9.88 Å². The van der Waals surface area contributed by atoms with Crippen LogP contribution in [0.3, 0.4) is 0 Å². The van der Waals surface area contributed by atoms with Crippen LogP contribution in [0.4, 0.5) is 0 Å². The van der Waals surface area contributed by atoms with Gasteiger partial charge in [-0.2, -0.15) is 0 Å². The Balaban J connectivity index is 1.55. The standard InChI is InChI=1S/C18H24N2O/c21-16-7-8-17-15(14-16)9-10-19-18(17)6-2-5-13-20-11-3-1-4-12-20/h7-10,14,21H,1-6,11-13H2. The molecule has 21 heavy (non-hydrogen) atoms. The molecule has 3 rings (SSSR count). The second-order valence-electron chi connectivity index (χ2n) is 6.02. The number of hydrogen-bond donors (Lipinski definition) is 1. The monoisotopic (exact) mass is 284 g/mol. The maximum absolute atomic E-state index is 9.55. The number of phenolic OH excluding ortho intramolecular Hbond substituents is 1. The molecular formula is C18H24N2O. The van der Waals surface area contributed by atoms with Crippen molar-refractivity contribution in [2.75, 3.05) is 19.6 Å². The van der Waals surface area contributed by atoms with Crippen LogP contribution in [0, 0.1) is 0 Å². The molecule has 3 heteroatoms. The van der Waals surface area contributed by atoms with Gasteiger partial charge < -0.3 is 10.0 Å². The van der Waals surface area contributed by atoms with Crippen molar-refractivity contribution in [3.8, 4) is 5.75 Å². The lowest BCUT2D eigenvalue weighted by molar-refractivity contribution is 0.225. The summed E-state index contributed by atoms with van der Waals surface area (Å²) in [6.07, 6.45) is 9.45. The van der Waals surface area contributed by atoms with Crippen LogP contribution in [0.15, 0.2) is 30.5 Å². The van der Waals surface area contributed by atoms with E-state index in [1.54, 1.807) is 6.07 Å². The highest BCUT2D eigenvalue weighted by atomic mass is 16.3. The van der Waals surface area contributed by atoms with E-state index in [4.69, 9.17) is 0 Å². The second kappa shape index (κ2) is 6.90. The number of nitrogens with zero attached hydrogens (tertiary/aromatic N) is 2. The summed E-state index contributed by atoms with van der Waals surface area (Å²) in [6.45, 7) is 3.79. The highest BCUT2D eigenvalue weighted by molar-refractivity contribution is 5.85. The average Bonchev–Trinajstić information content (AvgIpc) is 2.52. The molecule has 1 N–H and O–H groups in total. The first-order valence-corrected chi connectivity index (χ1v) is 8.12. The number of aromatic hydroxyl groups is 1. The number of aromatic nitrogens is 1. The van der Waals surface area contributed by atoms with Gasteiger partial charge in [0.15, 0.2) is 0 Å². The molecule has 0 bridgehead atoms. The Kier molecular flexibility index (Phi) is 4.71. The number of pyridine rings is 1. The van der Waals surface area contributed by atoms with Crippen LogP contribution in [0.25, 0.3) is 10.8 Å². The topological polar surface area (TPSA) is 36.4 Å². The zero-order chi connectivity index (χ0) is 14.5. The third-order valence-corrected chi connectivity index (χ3v) is 4.42. The Labute approximate surface area is 126 Å². The van der Waals surface area contributed by atoms with Crippen molar-refractivity contribution in [3.05, 3.63) is 36.2 Å². The number of piperidine rings is 1. The first kappa shape index (κ1) is 14.3. The van der Waals surface area contributed by atoms with Crippen molar-refractivity contribution in [3.63, 3.8) is 0 Å². The molecule has 1 fully saturated rings. The summed E-state index contributed by atoms with van der Waals surface area (Å²) < 4.78 is 0. The maximum atomic E-state index is 9.55. The minimum absolute atomic E-state index is 0.324. The van der Waals surface area contributed by atoms with Crippen LogP contribution in [0.2, 0.25) is 0 Å². The minimum atomic E-state index is 0.324. The largest absolute Gasteiger partial charge is 0.508 e. The Hall–Kier alpha value is -1.61. The Morgan fingerprint density at radius 3 is 2.76 bits per heavy atom. The molecule has 2 heterocycles. The fraction of sp³-hybridized carbons (Fsp3) is 0.500. The number of phenols is 1. The maximum Gasteiger partial charge on any atom is 0.116 e. The van der Waals surface area contributed by atoms with Gasteiger partial charge in [-0.1, -0.05) is 6.42 Å². The third kappa shape index (κ3) is 3.73. The zero-order valence-electron chi connectivity index (χ0n) is 12.6. The molecule has 0 radical (unpaired) electrons. The summed E-state index contributed by atoms with van der Waals surface area (Å²) in [4.78, 5) is 7.12. The van der Waals surface area contributed by atoms with Crippen molar-refractivity contribution in [2.24, 2.45) is 0 Å². The van der Waals surface area contributed by atoms with Crippen LogP contribution in [-0.2, 0) is 6.42 Å². The first-order chi connectivity index (χ1) is 10.3. The number of benzene rings is 1. The molecule has 0 aliphatic carbocycles. The molecule has 0 saturated carbocycles. The number of rotatable bonds is 5. The van der Waals surface area contributed by atoms with Crippen molar-refractivity contribution >= 4 is 10.8 Å². The van der Waals surface area contributed by atoms with E-state index < -0.39 is 0 Å². The van der Waals surface area contributed by atoms with Crippen molar-refractivity contribution in [1.29, 1.82) is 0 Å². The fourth-order valence-corrected chi connectivity index (χ4v) is 3.24. The van der Waals surface area contributed by atoms with Crippen molar-refractivity contribution in [2.45, 2.75) is 38.5 Å². The number of fused-ring (bicyclic) bond motifs is 1. The molecule has 0 atom stereocenters. The highest BCUT2D eigenvalue weighted by Gasteiger charge is 2.09. The number of hydrogen-bond acceptors (Lipinski definition) is 3. The van der Waals surface area contributed by atoms with E-state index >= 15 is 0 Å². The van der Waals surface area contributed by atoms with Gasteiger partial charge in [-0.25, -0.2) is 0 Å². The Morgan fingerprint density at radius 1 is 1.05 bits per heavy atom. The number of likely N-dealkylation sites (tertiary alicyclic amines) is 1. The van der Waals surface area contributed by atoms with E-state index in [0.29, 0.717) is 5.75 Å². The minimum Gasteiger partial charge on any atom is -0.508 e. The van der Waals surface area contributed by atoms with Gasteiger partial charge >= 0.3 is 0 Å². The molecular weight excluding hydrogens is 260 g/mol. The molecule has 1 aromatic heterocycles. The van der Waals surface area contributed by atoms with E-state index in [1.807, 2.05) is 24.4 Å². The number of aryl methyl sites for hydroxylation is 1. The van der Waals surface area contributed by atoms with E-state index in [9.17, 15) is 5.11 Å². The van der Waals surface area contributed by atoms with Crippen LogP contribution in [0.5, 0.6) is 5.75 Å². The van der Waals surface area contributed by atoms with Gasteiger partial charge in [0.1, 0.15) is 5.75 Å². The molecule has 0 unspecified atom stereocenters. The molecule has 0 spiro atoms. The lowest BCUT2D eigenvalue weighted by Gasteiger charge is -2.26. The van der Waals surface area contributed by atoms with E-state index in [1.165, 1.54) is 57.1 Å². The van der Waals surface area contributed by atoms with Gasteiger partial charge in [-0.3, -0.25) is 4.98 Å². The normalized spacial score (nSPS) is 16.4. The second-order valence-corrected chi connectivity index (χ2v) is 6.02. The van der Waals surface area contributed by atoms with Gasteiger partial charge in [0, 0.05) is 17.3 Å². The quantitative estimate of drug-likeness (QED) is 0.850. The van der Waals surface area contributed by atoms with Gasteiger partial charge in [0.25, 0.3) is 0 Å². The summed E-state index contributed by atoms with van der Waals surface area (Å²) in [5, 5.41) is 11.8. The lowest BCUT2D eigenvalue weighted by Crippen LogP contribution is -2.30. The predicted octanol–water partition coefficient (Wildman–Crippen LogP) is 3.75. The summed E-state index contributed by atoms with van der Waals surface area (Å²) in [7, 11) is 0. The Bertz CT molecular complexity index is 591. The summed E-state index contributed by atoms with van der Waals surface area (Å²) >= 11 is 0. The van der Waals surface area contributed by atoms with E-state index in [0.717, 1.165) is 17.5 Å². The number of unbranched alkanes of at least 4 members (excludes halogenated alkanes) is 1. The van der Waals surface area contributed by atoms with Crippen molar-refractivity contribution < 1.29 is 5.11 Å².